The first-order chi connectivity index (χ1) is 14.8. The number of fused-ring (bicyclic) bond motifs is 1. The average Bonchev–Trinajstić information content (AvgIpc) is 3.19. The van der Waals surface area contributed by atoms with Crippen molar-refractivity contribution in [1.29, 1.82) is 0 Å². The van der Waals surface area contributed by atoms with Crippen molar-refractivity contribution >= 4 is 38.4 Å². The Bertz CT molecular complexity index is 1110. The fraction of sp³-hybridized carbons (Fsp3) is 0.391. The molecule has 0 aliphatic carbocycles. The minimum absolute atomic E-state index is 0.0797. The number of amides is 1. The van der Waals surface area contributed by atoms with Crippen molar-refractivity contribution in [3.05, 3.63) is 59.7 Å². The molecule has 2 aliphatic heterocycles. The lowest BCUT2D eigenvalue weighted by Crippen LogP contribution is -2.37. The van der Waals surface area contributed by atoms with Gasteiger partial charge in [-0.15, -0.1) is 0 Å². The average molecular weight is 459 g/mol. The molecule has 0 aromatic heterocycles. The van der Waals surface area contributed by atoms with E-state index in [2.05, 4.69) is 31.0 Å². The first kappa shape index (κ1) is 21.9. The highest BCUT2D eigenvalue weighted by molar-refractivity contribution is 8.16. The number of rotatable bonds is 5. The molecule has 0 radical (unpaired) electrons. The molecule has 8 heteroatoms. The second-order valence-electron chi connectivity index (χ2n) is 8.19. The molecule has 31 heavy (non-hydrogen) atoms. The third kappa shape index (κ3) is 4.65. The van der Waals surface area contributed by atoms with Crippen LogP contribution in [0.3, 0.4) is 0 Å². The van der Waals surface area contributed by atoms with E-state index in [1.165, 1.54) is 17.3 Å². The van der Waals surface area contributed by atoms with E-state index in [0.717, 1.165) is 11.3 Å². The number of amidine groups is 1. The predicted molar refractivity (Wildman–Crippen MR) is 126 cm³/mol. The second-order valence-corrected chi connectivity index (χ2v) is 11.6. The van der Waals surface area contributed by atoms with Gasteiger partial charge in [0.15, 0.2) is 15.0 Å². The number of sulfone groups is 1. The molecule has 0 saturated carbocycles. The summed E-state index contributed by atoms with van der Waals surface area (Å²) in [5.74, 6) is 0.967. The highest BCUT2D eigenvalue weighted by Gasteiger charge is 2.49. The van der Waals surface area contributed by atoms with Gasteiger partial charge in [-0.2, -0.15) is 4.99 Å². The zero-order chi connectivity index (χ0) is 22.2. The molecule has 4 rings (SSSR count). The van der Waals surface area contributed by atoms with Crippen molar-refractivity contribution < 1.29 is 17.9 Å². The normalized spacial score (nSPS) is 23.4. The number of anilines is 1. The highest BCUT2D eigenvalue weighted by atomic mass is 32.2. The molecule has 0 N–H and O–H groups in total. The van der Waals surface area contributed by atoms with Gasteiger partial charge in [-0.05, 0) is 29.7 Å². The minimum atomic E-state index is -3.10. The Kier molecular flexibility index (Phi) is 6.12. The Morgan fingerprint density at radius 3 is 2.55 bits per heavy atom. The summed E-state index contributed by atoms with van der Waals surface area (Å²) in [6.45, 7) is 4.26. The molecule has 0 bridgehead atoms. The Morgan fingerprint density at radius 2 is 1.87 bits per heavy atom. The van der Waals surface area contributed by atoms with Crippen LogP contribution in [0.1, 0.15) is 30.9 Å². The molecule has 6 nitrogen and oxygen atoms in total. The molecule has 2 fully saturated rings. The van der Waals surface area contributed by atoms with Crippen LogP contribution in [0.25, 0.3) is 0 Å². The van der Waals surface area contributed by atoms with Gasteiger partial charge in [0.05, 0.1) is 31.1 Å². The zero-order valence-corrected chi connectivity index (χ0v) is 19.4. The minimum Gasteiger partial charge on any atom is -0.496 e. The summed E-state index contributed by atoms with van der Waals surface area (Å²) in [5, 5.41) is 0.453. The zero-order valence-electron chi connectivity index (χ0n) is 17.8. The Labute approximate surface area is 187 Å². The summed E-state index contributed by atoms with van der Waals surface area (Å²) < 4.78 is 29.8. The van der Waals surface area contributed by atoms with Crippen molar-refractivity contribution in [2.24, 2.45) is 4.99 Å². The lowest BCUT2D eigenvalue weighted by atomic mass is 10.0. The van der Waals surface area contributed by atoms with E-state index in [1.807, 2.05) is 41.3 Å². The van der Waals surface area contributed by atoms with E-state index in [4.69, 9.17) is 4.74 Å². The number of hydrogen-bond donors (Lipinski definition) is 0. The van der Waals surface area contributed by atoms with E-state index >= 15 is 0 Å². The molecule has 0 unspecified atom stereocenters. The summed E-state index contributed by atoms with van der Waals surface area (Å²) in [4.78, 5) is 19.1. The maximum Gasteiger partial charge on any atom is 0.252 e. The van der Waals surface area contributed by atoms with Gasteiger partial charge in [-0.1, -0.05) is 55.9 Å². The maximum absolute atomic E-state index is 12.8. The van der Waals surface area contributed by atoms with E-state index < -0.39 is 9.84 Å². The Morgan fingerprint density at radius 1 is 1.16 bits per heavy atom. The van der Waals surface area contributed by atoms with E-state index in [9.17, 15) is 13.2 Å². The first-order valence-electron chi connectivity index (χ1n) is 10.3. The molecular weight excluding hydrogens is 432 g/mol. The number of methoxy groups -OCH3 is 1. The summed E-state index contributed by atoms with van der Waals surface area (Å²) in [6, 6.07) is 15.3. The fourth-order valence-electron chi connectivity index (χ4n) is 4.04. The molecule has 2 aromatic rings. The van der Waals surface area contributed by atoms with Crippen LogP contribution in [0.4, 0.5) is 5.69 Å². The van der Waals surface area contributed by atoms with Crippen LogP contribution in [0.15, 0.2) is 53.5 Å². The molecule has 1 amide bonds. The van der Waals surface area contributed by atoms with Gasteiger partial charge in [0.2, 0.25) is 0 Å². The van der Waals surface area contributed by atoms with Crippen molar-refractivity contribution in [2.75, 3.05) is 23.5 Å². The SMILES string of the molecule is COc1ccccc1CC(=O)N=C1S[C@H]2CS(=O)(=O)C[C@H]2N1c1ccc(C(C)C)cc1. The fourth-order valence-corrected chi connectivity index (χ4v) is 7.98. The Hall–Kier alpha value is -2.32. The lowest BCUT2D eigenvalue weighted by molar-refractivity contribution is -0.117. The van der Waals surface area contributed by atoms with Crippen LogP contribution in [-0.4, -0.2) is 49.4 Å². The van der Waals surface area contributed by atoms with Gasteiger partial charge in [-0.25, -0.2) is 8.42 Å². The van der Waals surface area contributed by atoms with E-state index in [0.29, 0.717) is 16.8 Å². The quantitative estimate of drug-likeness (QED) is 0.681. The topological polar surface area (TPSA) is 76.0 Å². The third-order valence-electron chi connectivity index (χ3n) is 5.66. The smallest absolute Gasteiger partial charge is 0.252 e. The molecule has 2 aromatic carbocycles. The summed E-state index contributed by atoms with van der Waals surface area (Å²) in [7, 11) is -1.52. The van der Waals surface area contributed by atoms with Crippen LogP contribution in [0.2, 0.25) is 0 Å². The summed E-state index contributed by atoms with van der Waals surface area (Å²) in [6.07, 6.45) is 0.127. The number of para-hydroxylation sites is 1. The molecule has 2 heterocycles. The second kappa shape index (κ2) is 8.67. The van der Waals surface area contributed by atoms with E-state index in [-0.39, 0.29) is 35.1 Å². The number of benzene rings is 2. The van der Waals surface area contributed by atoms with Gasteiger partial charge >= 0.3 is 0 Å². The molecule has 2 aliphatic rings. The van der Waals surface area contributed by atoms with Crippen molar-refractivity contribution in [3.8, 4) is 5.75 Å². The molecule has 164 valence electrons. The Balaban J connectivity index is 1.64. The molecule has 0 spiro atoms. The number of carbonyl (C=O) groups is 1. The largest absolute Gasteiger partial charge is 0.496 e. The van der Waals surface area contributed by atoms with Crippen LogP contribution in [0, 0.1) is 0 Å². The lowest BCUT2D eigenvalue weighted by Gasteiger charge is -2.25. The van der Waals surface area contributed by atoms with Crippen LogP contribution < -0.4 is 9.64 Å². The van der Waals surface area contributed by atoms with Crippen LogP contribution >= 0.6 is 11.8 Å². The monoisotopic (exact) mass is 458 g/mol. The van der Waals surface area contributed by atoms with Crippen molar-refractivity contribution in [2.45, 2.75) is 37.5 Å². The van der Waals surface area contributed by atoms with Gasteiger partial charge in [0, 0.05) is 16.5 Å². The van der Waals surface area contributed by atoms with Crippen molar-refractivity contribution in [1.82, 2.24) is 0 Å². The van der Waals surface area contributed by atoms with Gasteiger partial charge in [0.1, 0.15) is 5.75 Å². The number of carbonyl (C=O) groups excluding carboxylic acids is 1. The molecule has 2 atom stereocenters. The number of aliphatic imine (C=N–C) groups is 1. The summed E-state index contributed by atoms with van der Waals surface area (Å²) >= 11 is 1.39. The number of hydrogen-bond acceptors (Lipinski definition) is 5. The number of ether oxygens (including phenoxy) is 1. The van der Waals surface area contributed by atoms with Crippen LogP contribution in [0.5, 0.6) is 5.75 Å². The predicted octanol–water partition coefficient (Wildman–Crippen LogP) is 3.66. The third-order valence-corrected chi connectivity index (χ3v) is 8.87. The standard InChI is InChI=1S/C23H26N2O4S2/c1-15(2)16-8-10-18(11-9-16)25-19-13-31(27,28)14-21(19)30-23(25)24-22(26)12-17-6-4-5-7-20(17)29-3/h4-11,15,19,21H,12-14H2,1-3H3/t19-,21+/m1/s1. The molecular formula is C23H26N2O4S2. The van der Waals surface area contributed by atoms with Gasteiger partial charge < -0.3 is 9.64 Å². The molecule has 2 saturated heterocycles. The van der Waals surface area contributed by atoms with E-state index in [1.54, 1.807) is 7.11 Å². The maximum atomic E-state index is 12.8. The highest BCUT2D eigenvalue weighted by Crippen LogP contribution is 2.41. The summed E-state index contributed by atoms with van der Waals surface area (Å²) in [5.41, 5.74) is 2.85. The van der Waals surface area contributed by atoms with Gasteiger partial charge in [0.25, 0.3) is 5.91 Å². The van der Waals surface area contributed by atoms with Crippen LogP contribution in [-0.2, 0) is 21.1 Å². The first-order valence-corrected chi connectivity index (χ1v) is 13.0. The van der Waals surface area contributed by atoms with Crippen molar-refractivity contribution in [3.63, 3.8) is 0 Å². The number of nitrogens with zero attached hydrogens (tertiary/aromatic N) is 2. The van der Waals surface area contributed by atoms with Gasteiger partial charge in [-0.3, -0.25) is 4.79 Å². The number of thioether (sulfide) groups is 1.